The van der Waals surface area contributed by atoms with Crippen molar-refractivity contribution in [3.05, 3.63) is 0 Å². The van der Waals surface area contributed by atoms with Crippen LogP contribution in [-0.2, 0) is 4.74 Å². The molecule has 1 aliphatic carbocycles. The van der Waals surface area contributed by atoms with E-state index in [2.05, 4.69) is 32.3 Å². The van der Waals surface area contributed by atoms with E-state index in [4.69, 9.17) is 4.74 Å². The Morgan fingerprint density at radius 1 is 1.33 bits per heavy atom. The number of guanidine groups is 1. The molecule has 0 spiro atoms. The molecule has 0 aromatic carbocycles. The van der Waals surface area contributed by atoms with Gasteiger partial charge in [0.2, 0.25) is 0 Å². The predicted molar refractivity (Wildman–Crippen MR) is 89.2 cm³/mol. The fourth-order valence-corrected chi connectivity index (χ4v) is 4.64. The zero-order chi connectivity index (χ0) is 14.5. The van der Waals surface area contributed by atoms with Crippen LogP contribution in [0, 0.1) is 5.92 Å². The summed E-state index contributed by atoms with van der Waals surface area (Å²) in [7, 11) is 1.87. The summed E-state index contributed by atoms with van der Waals surface area (Å²) in [4.78, 5) is 7.01. The number of aliphatic imine (C=N–C) groups is 1. The molecule has 0 radical (unpaired) electrons. The first-order chi connectivity index (χ1) is 10.3. The molecule has 0 bridgehead atoms. The molecule has 0 aromatic heterocycles. The highest BCUT2D eigenvalue weighted by Gasteiger charge is 2.40. The zero-order valence-corrected chi connectivity index (χ0v) is 13.9. The third-order valence-electron chi connectivity index (χ3n) is 4.83. The van der Waals surface area contributed by atoms with Gasteiger partial charge in [-0.25, -0.2) is 0 Å². The van der Waals surface area contributed by atoms with Crippen LogP contribution in [0.3, 0.4) is 0 Å². The topological polar surface area (TPSA) is 48.9 Å². The van der Waals surface area contributed by atoms with Crippen LogP contribution in [0.2, 0.25) is 0 Å². The molecule has 3 rings (SSSR count). The van der Waals surface area contributed by atoms with Gasteiger partial charge >= 0.3 is 0 Å². The van der Waals surface area contributed by atoms with Crippen LogP contribution in [0.5, 0.6) is 0 Å². The lowest BCUT2D eigenvalue weighted by molar-refractivity contribution is -0.0120. The summed E-state index contributed by atoms with van der Waals surface area (Å²) in [6.45, 7) is 5.94. The van der Waals surface area contributed by atoms with Gasteiger partial charge in [0.15, 0.2) is 5.96 Å². The lowest BCUT2D eigenvalue weighted by Gasteiger charge is -2.43. The summed E-state index contributed by atoms with van der Waals surface area (Å²) in [6.07, 6.45) is 4.01. The number of morpholine rings is 1. The molecule has 2 saturated heterocycles. The average Bonchev–Trinajstić information content (AvgIpc) is 3.24. The first-order valence-electron chi connectivity index (χ1n) is 8.17. The fourth-order valence-electron chi connectivity index (χ4n) is 3.17. The Morgan fingerprint density at radius 3 is 2.76 bits per heavy atom. The Labute approximate surface area is 132 Å². The van der Waals surface area contributed by atoms with Gasteiger partial charge in [-0.3, -0.25) is 9.89 Å². The van der Waals surface area contributed by atoms with Crippen molar-refractivity contribution >= 4 is 17.7 Å². The number of nitrogens with one attached hydrogen (secondary N) is 2. The predicted octanol–water partition coefficient (Wildman–Crippen LogP) is 0.769. The summed E-state index contributed by atoms with van der Waals surface area (Å²) in [5, 5.41) is 7.04. The van der Waals surface area contributed by atoms with E-state index in [1.165, 1.54) is 30.8 Å². The molecule has 2 aliphatic heterocycles. The highest BCUT2D eigenvalue weighted by molar-refractivity contribution is 7.99. The molecule has 2 N–H and O–H groups in total. The molecular weight excluding hydrogens is 284 g/mol. The number of ether oxygens (including phenoxy) is 1. The summed E-state index contributed by atoms with van der Waals surface area (Å²) >= 11 is 2.08. The van der Waals surface area contributed by atoms with Crippen molar-refractivity contribution in [3.8, 4) is 0 Å². The molecule has 1 saturated carbocycles. The van der Waals surface area contributed by atoms with E-state index in [9.17, 15) is 0 Å². The van der Waals surface area contributed by atoms with Crippen molar-refractivity contribution in [3.63, 3.8) is 0 Å². The van der Waals surface area contributed by atoms with Crippen molar-refractivity contribution in [2.75, 3.05) is 57.9 Å². The minimum atomic E-state index is 0.283. The van der Waals surface area contributed by atoms with Gasteiger partial charge < -0.3 is 15.4 Å². The Kier molecular flexibility index (Phi) is 5.29. The minimum Gasteiger partial charge on any atom is -0.379 e. The van der Waals surface area contributed by atoms with Gasteiger partial charge in [0.1, 0.15) is 0 Å². The van der Waals surface area contributed by atoms with E-state index in [1.807, 2.05) is 7.05 Å². The second-order valence-corrected chi connectivity index (χ2v) is 7.48. The van der Waals surface area contributed by atoms with Crippen molar-refractivity contribution < 1.29 is 4.74 Å². The highest BCUT2D eigenvalue weighted by Crippen LogP contribution is 2.33. The molecule has 3 aliphatic rings. The van der Waals surface area contributed by atoms with E-state index in [-0.39, 0.29) is 5.54 Å². The zero-order valence-electron chi connectivity index (χ0n) is 13.1. The number of rotatable bonds is 5. The molecule has 6 heteroatoms. The quantitative estimate of drug-likeness (QED) is 0.580. The Hall–Kier alpha value is -0.460. The van der Waals surface area contributed by atoms with Crippen molar-refractivity contribution in [1.82, 2.24) is 15.5 Å². The molecule has 120 valence electrons. The number of nitrogens with zero attached hydrogens (tertiary/aromatic N) is 2. The number of hydrogen-bond donors (Lipinski definition) is 2. The smallest absolute Gasteiger partial charge is 0.191 e. The molecule has 0 aromatic rings. The van der Waals surface area contributed by atoms with Crippen LogP contribution in [0.4, 0.5) is 0 Å². The normalized spacial score (nSPS) is 31.4. The molecule has 0 amide bonds. The third kappa shape index (κ3) is 4.05. The van der Waals surface area contributed by atoms with Gasteiger partial charge in [0.05, 0.1) is 13.2 Å². The Morgan fingerprint density at radius 2 is 2.14 bits per heavy atom. The first-order valence-corrected chi connectivity index (χ1v) is 9.33. The van der Waals surface area contributed by atoms with Gasteiger partial charge in [-0.05, 0) is 30.9 Å². The van der Waals surface area contributed by atoms with E-state index >= 15 is 0 Å². The second-order valence-electron chi connectivity index (χ2n) is 6.38. The number of hydrogen-bond acceptors (Lipinski definition) is 4. The minimum absolute atomic E-state index is 0.283. The van der Waals surface area contributed by atoms with Crippen LogP contribution in [0.25, 0.3) is 0 Å². The molecule has 2 heterocycles. The van der Waals surface area contributed by atoms with Crippen molar-refractivity contribution in [2.45, 2.75) is 24.8 Å². The highest BCUT2D eigenvalue weighted by atomic mass is 32.2. The van der Waals surface area contributed by atoms with Crippen LogP contribution >= 0.6 is 11.8 Å². The van der Waals surface area contributed by atoms with Crippen LogP contribution in [0.15, 0.2) is 4.99 Å². The second kappa shape index (κ2) is 7.20. The fraction of sp³-hybridized carbons (Fsp3) is 0.933. The summed E-state index contributed by atoms with van der Waals surface area (Å²) < 4.78 is 5.52. The summed E-state index contributed by atoms with van der Waals surface area (Å²) in [6, 6.07) is 0. The summed E-state index contributed by atoms with van der Waals surface area (Å²) in [5.74, 6) is 4.33. The maximum absolute atomic E-state index is 5.52. The van der Waals surface area contributed by atoms with E-state index in [0.29, 0.717) is 0 Å². The number of thioether (sulfide) groups is 1. The maximum atomic E-state index is 5.52. The van der Waals surface area contributed by atoms with E-state index < -0.39 is 0 Å². The van der Waals surface area contributed by atoms with Crippen molar-refractivity contribution in [1.29, 1.82) is 0 Å². The molecule has 1 unspecified atom stereocenters. The van der Waals surface area contributed by atoms with Gasteiger partial charge in [-0.1, -0.05) is 0 Å². The Balaban J connectivity index is 1.53. The first kappa shape index (κ1) is 15.4. The van der Waals surface area contributed by atoms with E-state index in [1.54, 1.807) is 0 Å². The lowest BCUT2D eigenvalue weighted by atomic mass is 9.95. The lowest BCUT2D eigenvalue weighted by Crippen LogP contribution is -2.60. The van der Waals surface area contributed by atoms with Gasteiger partial charge in [-0.15, -0.1) is 0 Å². The molecule has 3 fully saturated rings. The SMILES string of the molecule is CN=C(NCC1CC1)NCC1(N2CCOCC2)CCSC1. The molecular formula is C15H28N4OS. The van der Waals surface area contributed by atoms with Crippen molar-refractivity contribution in [2.24, 2.45) is 10.9 Å². The summed E-state index contributed by atoms with van der Waals surface area (Å²) in [5.41, 5.74) is 0.283. The standard InChI is InChI=1S/C15H28N4OS/c1-16-14(17-10-13-2-3-13)18-11-15(4-9-21-12-15)19-5-7-20-8-6-19/h13H,2-12H2,1H3,(H2,16,17,18). The molecule has 1 atom stereocenters. The maximum Gasteiger partial charge on any atom is 0.191 e. The monoisotopic (exact) mass is 312 g/mol. The molecule has 5 nitrogen and oxygen atoms in total. The van der Waals surface area contributed by atoms with Gasteiger partial charge in [0, 0.05) is 44.5 Å². The molecule has 21 heavy (non-hydrogen) atoms. The van der Waals surface area contributed by atoms with Crippen LogP contribution < -0.4 is 10.6 Å². The Bertz CT molecular complexity index is 361. The van der Waals surface area contributed by atoms with Crippen LogP contribution in [-0.4, -0.2) is 74.3 Å². The third-order valence-corrected chi connectivity index (χ3v) is 6.06. The van der Waals surface area contributed by atoms with Crippen LogP contribution in [0.1, 0.15) is 19.3 Å². The largest absolute Gasteiger partial charge is 0.379 e. The van der Waals surface area contributed by atoms with Gasteiger partial charge in [-0.2, -0.15) is 11.8 Å². The average molecular weight is 312 g/mol. The van der Waals surface area contributed by atoms with E-state index in [0.717, 1.165) is 51.3 Å². The van der Waals surface area contributed by atoms with Gasteiger partial charge in [0.25, 0.3) is 0 Å².